The molecule has 2 aromatic carbocycles. The molecule has 0 spiro atoms. The van der Waals surface area contributed by atoms with Crippen LogP contribution in [0.15, 0.2) is 71.9 Å². The molecule has 0 radical (unpaired) electrons. The van der Waals surface area contributed by atoms with E-state index in [4.69, 9.17) is 11.6 Å². The highest BCUT2D eigenvalue weighted by atomic mass is 35.5. The molecule has 0 fully saturated rings. The summed E-state index contributed by atoms with van der Waals surface area (Å²) in [5.74, 6) is -1.09. The van der Waals surface area contributed by atoms with Crippen LogP contribution in [-0.2, 0) is 16.6 Å². The molecule has 3 N–H and O–H groups in total. The number of anilines is 1. The van der Waals surface area contributed by atoms with Crippen LogP contribution in [0.1, 0.15) is 40.7 Å². The Bertz CT molecular complexity index is 1170. The molecule has 0 saturated heterocycles. The minimum atomic E-state index is -4.03. The van der Waals surface area contributed by atoms with Crippen LogP contribution in [0, 0.1) is 0 Å². The summed E-state index contributed by atoms with van der Waals surface area (Å²) in [4.78, 5) is 15.5. The summed E-state index contributed by atoms with van der Waals surface area (Å²) in [7, 11) is -4.03. The number of benzene rings is 2. The number of sulfonamides is 1. The molecule has 1 atom stereocenters. The monoisotopic (exact) mass is 473 g/mol. The predicted molar refractivity (Wildman–Crippen MR) is 125 cm³/mol. The van der Waals surface area contributed by atoms with E-state index >= 15 is 0 Å². The lowest BCUT2D eigenvalue weighted by Gasteiger charge is -2.19. The number of carboxylic acids is 1. The first-order chi connectivity index (χ1) is 15.3. The standard InChI is InChI=1S/C23H24ClN3O4S/c1-2-17(18-6-4-3-5-7-18)15-26-21-13-20(24)22(12-19(21)23(28)29)32(30,31)27-14-16-8-10-25-11-9-16/h3-13,17,26-27H,2,14-15H2,1H3,(H,28,29). The summed E-state index contributed by atoms with van der Waals surface area (Å²) >= 11 is 6.28. The van der Waals surface area contributed by atoms with E-state index < -0.39 is 16.0 Å². The van der Waals surface area contributed by atoms with E-state index in [1.54, 1.807) is 24.5 Å². The molecule has 0 bridgehead atoms. The minimum absolute atomic E-state index is 0.0266. The zero-order valence-electron chi connectivity index (χ0n) is 17.5. The van der Waals surface area contributed by atoms with E-state index in [0.29, 0.717) is 12.1 Å². The number of hydrogen-bond donors (Lipinski definition) is 3. The Morgan fingerprint density at radius 2 is 1.81 bits per heavy atom. The van der Waals surface area contributed by atoms with E-state index in [1.807, 2.05) is 30.3 Å². The molecule has 0 aliphatic carbocycles. The van der Waals surface area contributed by atoms with Crippen LogP contribution in [-0.4, -0.2) is 31.0 Å². The maximum Gasteiger partial charge on any atom is 0.337 e. The van der Waals surface area contributed by atoms with Crippen LogP contribution < -0.4 is 10.0 Å². The second kappa shape index (κ2) is 10.6. The number of nitrogens with one attached hydrogen (secondary N) is 2. The summed E-state index contributed by atoms with van der Waals surface area (Å²) in [6.45, 7) is 2.55. The molecule has 168 valence electrons. The van der Waals surface area contributed by atoms with Crippen LogP contribution >= 0.6 is 11.6 Å². The molecule has 32 heavy (non-hydrogen) atoms. The molecular weight excluding hydrogens is 450 g/mol. The summed E-state index contributed by atoms with van der Waals surface area (Å²) < 4.78 is 28.0. The second-order valence-electron chi connectivity index (χ2n) is 7.21. The highest BCUT2D eigenvalue weighted by Gasteiger charge is 2.23. The number of halogens is 1. The number of aromatic carboxylic acids is 1. The summed E-state index contributed by atoms with van der Waals surface area (Å²) in [6, 6.07) is 15.7. The zero-order chi connectivity index (χ0) is 23.1. The van der Waals surface area contributed by atoms with Crippen LogP contribution in [0.4, 0.5) is 5.69 Å². The van der Waals surface area contributed by atoms with Crippen molar-refractivity contribution in [2.75, 3.05) is 11.9 Å². The Morgan fingerprint density at radius 1 is 1.12 bits per heavy atom. The van der Waals surface area contributed by atoms with Gasteiger partial charge >= 0.3 is 5.97 Å². The van der Waals surface area contributed by atoms with Gasteiger partial charge in [0.15, 0.2) is 0 Å². The number of rotatable bonds is 10. The Balaban J connectivity index is 1.83. The molecule has 3 rings (SSSR count). The first kappa shape index (κ1) is 23.7. The fourth-order valence-corrected chi connectivity index (χ4v) is 4.86. The molecule has 0 aliphatic rings. The normalized spacial score (nSPS) is 12.3. The van der Waals surface area contributed by atoms with Crippen LogP contribution in [0.5, 0.6) is 0 Å². The second-order valence-corrected chi connectivity index (χ2v) is 9.35. The Kier molecular flexibility index (Phi) is 7.84. The lowest BCUT2D eigenvalue weighted by Crippen LogP contribution is -2.24. The number of hydrogen-bond acceptors (Lipinski definition) is 5. The third kappa shape index (κ3) is 5.85. The maximum absolute atomic E-state index is 12.8. The lowest BCUT2D eigenvalue weighted by molar-refractivity contribution is 0.0697. The maximum atomic E-state index is 12.8. The topological polar surface area (TPSA) is 108 Å². The smallest absolute Gasteiger partial charge is 0.337 e. The van der Waals surface area contributed by atoms with Gasteiger partial charge in [-0.05, 0) is 41.8 Å². The van der Waals surface area contributed by atoms with Crippen molar-refractivity contribution in [1.82, 2.24) is 9.71 Å². The molecule has 9 heteroatoms. The zero-order valence-corrected chi connectivity index (χ0v) is 19.0. The first-order valence-corrected chi connectivity index (χ1v) is 11.9. The van der Waals surface area contributed by atoms with Crippen molar-refractivity contribution in [2.45, 2.75) is 30.7 Å². The third-order valence-electron chi connectivity index (χ3n) is 5.11. The van der Waals surface area contributed by atoms with Gasteiger partial charge in [-0.3, -0.25) is 4.98 Å². The molecule has 0 saturated carbocycles. The summed E-state index contributed by atoms with van der Waals surface area (Å²) in [5, 5.41) is 12.8. The predicted octanol–water partition coefficient (Wildman–Crippen LogP) is 4.52. The van der Waals surface area contributed by atoms with E-state index in [1.165, 1.54) is 6.07 Å². The number of carboxylic acid groups (broad SMARTS) is 1. The van der Waals surface area contributed by atoms with Crippen molar-refractivity contribution < 1.29 is 18.3 Å². The van der Waals surface area contributed by atoms with Crippen molar-refractivity contribution in [3.8, 4) is 0 Å². The Hall–Kier alpha value is -2.94. The molecule has 3 aromatic rings. The molecule has 1 aromatic heterocycles. The lowest BCUT2D eigenvalue weighted by atomic mass is 9.96. The number of aromatic nitrogens is 1. The van der Waals surface area contributed by atoms with Gasteiger partial charge in [0.25, 0.3) is 0 Å². The summed E-state index contributed by atoms with van der Waals surface area (Å²) in [6.07, 6.45) is 3.95. The van der Waals surface area contributed by atoms with Gasteiger partial charge in [-0.1, -0.05) is 48.9 Å². The molecule has 1 heterocycles. The van der Waals surface area contributed by atoms with Crippen molar-refractivity contribution in [3.05, 3.63) is 88.7 Å². The Labute approximate surface area is 192 Å². The van der Waals surface area contributed by atoms with Crippen molar-refractivity contribution >= 4 is 33.3 Å². The highest BCUT2D eigenvalue weighted by molar-refractivity contribution is 7.89. The van der Waals surface area contributed by atoms with E-state index in [0.717, 1.165) is 18.1 Å². The van der Waals surface area contributed by atoms with Gasteiger partial charge in [0.2, 0.25) is 10.0 Å². The average molecular weight is 474 g/mol. The molecular formula is C23H24ClN3O4S. The number of pyridine rings is 1. The van der Waals surface area contributed by atoms with E-state index in [2.05, 4.69) is 21.9 Å². The molecule has 1 unspecified atom stereocenters. The molecule has 7 nitrogen and oxygen atoms in total. The van der Waals surface area contributed by atoms with Crippen molar-refractivity contribution in [3.63, 3.8) is 0 Å². The Morgan fingerprint density at radius 3 is 2.44 bits per heavy atom. The first-order valence-electron chi connectivity index (χ1n) is 10.1. The third-order valence-corrected chi connectivity index (χ3v) is 6.98. The highest BCUT2D eigenvalue weighted by Crippen LogP contribution is 2.30. The van der Waals surface area contributed by atoms with Gasteiger partial charge < -0.3 is 10.4 Å². The quantitative estimate of drug-likeness (QED) is 0.399. The molecule has 0 aliphatic heterocycles. The van der Waals surface area contributed by atoms with Gasteiger partial charge in [-0.2, -0.15) is 0 Å². The fraction of sp³-hybridized carbons (Fsp3) is 0.217. The van der Waals surface area contributed by atoms with Gasteiger partial charge in [-0.25, -0.2) is 17.9 Å². The fourth-order valence-electron chi connectivity index (χ4n) is 3.30. The van der Waals surface area contributed by atoms with E-state index in [9.17, 15) is 18.3 Å². The van der Waals surface area contributed by atoms with Gasteiger partial charge in [0.05, 0.1) is 16.3 Å². The van der Waals surface area contributed by atoms with Crippen LogP contribution in [0.25, 0.3) is 0 Å². The van der Waals surface area contributed by atoms with Gasteiger partial charge in [0, 0.05) is 31.4 Å². The largest absolute Gasteiger partial charge is 0.478 e. The van der Waals surface area contributed by atoms with Gasteiger partial charge in [0.1, 0.15) is 4.90 Å². The van der Waals surface area contributed by atoms with Crippen molar-refractivity contribution in [2.24, 2.45) is 0 Å². The number of nitrogens with zero attached hydrogens (tertiary/aromatic N) is 1. The minimum Gasteiger partial charge on any atom is -0.478 e. The number of carbonyl (C=O) groups is 1. The SMILES string of the molecule is CCC(CNc1cc(Cl)c(S(=O)(=O)NCc2ccncc2)cc1C(=O)O)c1ccccc1. The summed E-state index contributed by atoms with van der Waals surface area (Å²) in [5.41, 5.74) is 1.94. The van der Waals surface area contributed by atoms with Crippen molar-refractivity contribution in [1.29, 1.82) is 0 Å². The molecule has 0 amide bonds. The van der Waals surface area contributed by atoms with Crippen LogP contribution in [0.2, 0.25) is 5.02 Å². The van der Waals surface area contributed by atoms with Gasteiger partial charge in [-0.15, -0.1) is 0 Å². The average Bonchev–Trinajstić information content (AvgIpc) is 2.79. The van der Waals surface area contributed by atoms with E-state index in [-0.39, 0.29) is 33.6 Å². The van der Waals surface area contributed by atoms with Crippen LogP contribution in [0.3, 0.4) is 0 Å².